The predicted molar refractivity (Wildman–Crippen MR) is 3.61 cm³/mol. The molecule has 0 saturated heterocycles. The molecule has 0 rings (SSSR count). The van der Waals surface area contributed by atoms with Crippen molar-refractivity contribution < 1.29 is 38.1 Å². The van der Waals surface area contributed by atoms with E-state index in [4.69, 9.17) is 0 Å². The van der Waals surface area contributed by atoms with Gasteiger partial charge in [0.1, 0.15) is 0 Å². The van der Waals surface area contributed by atoms with Crippen LogP contribution in [0.4, 0.5) is 0 Å². The number of rotatable bonds is 0. The molecule has 0 aromatic heterocycles. The Morgan fingerprint density at radius 1 is 0.600 bits per heavy atom. The molecule has 0 unspecified atom stereocenters. The first kappa shape index (κ1) is 896. The summed E-state index contributed by atoms with van der Waals surface area (Å²) in [5.41, 5.74) is 0. The van der Waals surface area contributed by atoms with Gasteiger partial charge in [-0.05, 0) is 0 Å². The van der Waals surface area contributed by atoms with Crippen molar-refractivity contribution in [1.82, 2.24) is 0 Å². The smallest absolute Gasteiger partial charge is 0 e. The first-order chi connectivity index (χ1) is 0. The van der Waals surface area contributed by atoms with Crippen LogP contribution in [-0.2, 0) is 18.6 Å². The minimum atomic E-state index is 0. The second-order valence-corrected chi connectivity index (χ2v) is 0. The summed E-state index contributed by atoms with van der Waals surface area (Å²) in [5.74, 6) is 0. The van der Waals surface area contributed by atoms with E-state index in [-0.39, 0.29) is 38.1 Å². The topological polar surface area (TPSA) is 31.5 Å². The van der Waals surface area contributed by atoms with Crippen LogP contribution in [0, 0.1) is 0 Å². The fourth-order valence-electron chi connectivity index (χ4n) is 0. The molecule has 5 heavy (non-hydrogen) atoms. The average Bonchev–Trinajstić information content (AvgIpc) is 0. The summed E-state index contributed by atoms with van der Waals surface area (Å²) in [6.45, 7) is 0. The molecule has 0 saturated carbocycles. The molecule has 0 spiro atoms. The Hall–Kier alpha value is 0.334. The molecule has 1 nitrogen and oxygen atoms in total. The van der Waals surface area contributed by atoms with Gasteiger partial charge in [-0.3, -0.25) is 0 Å². The molecule has 37 valence electrons. The third-order valence-electron chi connectivity index (χ3n) is 0. The molecule has 0 atom stereocenters. The van der Waals surface area contributed by atoms with Crippen LogP contribution in [0.3, 0.4) is 0 Å². The van der Waals surface area contributed by atoms with Gasteiger partial charge in [-0.15, -0.1) is 0 Å². The zero-order valence-electron chi connectivity index (χ0n) is 2.08. The zero-order chi connectivity index (χ0) is 0. The molecular weight excluding hydrogens is 124 g/mol. The van der Waals surface area contributed by atoms with Crippen molar-refractivity contribution in [3.05, 3.63) is 0 Å². The summed E-state index contributed by atoms with van der Waals surface area (Å²) in [5, 5.41) is 0. The van der Waals surface area contributed by atoms with Gasteiger partial charge < -0.3 is 19.6 Å². The molecule has 0 amide bonds. The van der Waals surface area contributed by atoms with E-state index in [1.807, 2.05) is 0 Å². The zero-order valence-corrected chi connectivity index (χ0v) is 3.48. The fraction of sp³-hybridized carbons (Fsp3) is 0. The molecule has 0 aliphatic rings. The summed E-state index contributed by atoms with van der Waals surface area (Å²) in [6, 6.07) is 0. The van der Waals surface area contributed by atoms with Crippen LogP contribution in [0.5, 0.6) is 0 Å². The molecule has 0 aliphatic heterocycles. The summed E-state index contributed by atoms with van der Waals surface area (Å²) in [7, 11) is 0. The van der Waals surface area contributed by atoms with E-state index in [0.29, 0.717) is 0 Å². The van der Waals surface area contributed by atoms with Crippen LogP contribution in [0.2, 0.25) is 0 Å². The second kappa shape index (κ2) is 431. The third kappa shape index (κ3) is 211. The number of hydrogen-bond acceptors (Lipinski definition) is 0. The quantitative estimate of drug-likeness (QED) is 0.308. The first-order valence-corrected chi connectivity index (χ1v) is 0. The minimum absolute atomic E-state index is 0. The van der Waals surface area contributed by atoms with Crippen molar-refractivity contribution >= 4 is 0 Å². The Labute approximate surface area is 39.0 Å². The van der Waals surface area contributed by atoms with Crippen molar-refractivity contribution in [2.75, 3.05) is 0 Å². The Bertz CT molecular complexity index is 6.85. The maximum absolute atomic E-state index is 0. The first-order valence-electron chi connectivity index (χ1n) is 0. The SMILES string of the molecule is O.[F-].[F-].[F-].[V]. The summed E-state index contributed by atoms with van der Waals surface area (Å²) in [4.78, 5) is 0. The molecule has 0 bridgehead atoms. The monoisotopic (exact) mass is 126 g/mol. The largest absolute Gasteiger partial charge is 1.00 e. The van der Waals surface area contributed by atoms with Crippen LogP contribution >= 0.6 is 0 Å². The Balaban J connectivity index is 0. The standard InChI is InChI=1S/3FH.H2O.V/h3*1H;1H2;/p-3. The molecule has 0 aliphatic carbocycles. The summed E-state index contributed by atoms with van der Waals surface area (Å²) < 4.78 is 0. The van der Waals surface area contributed by atoms with Gasteiger partial charge in [0, 0.05) is 18.6 Å². The van der Waals surface area contributed by atoms with Gasteiger partial charge in [-0.1, -0.05) is 0 Å². The van der Waals surface area contributed by atoms with Gasteiger partial charge >= 0.3 is 0 Å². The van der Waals surface area contributed by atoms with Gasteiger partial charge in [0.05, 0.1) is 0 Å². The van der Waals surface area contributed by atoms with E-state index in [0.717, 1.165) is 0 Å². The number of halogens is 3. The second-order valence-electron chi connectivity index (χ2n) is 0. The van der Waals surface area contributed by atoms with Gasteiger partial charge in [-0.2, -0.15) is 0 Å². The Kier molecular flexibility index (Phi) is 77200. The third-order valence-corrected chi connectivity index (χ3v) is 0. The van der Waals surface area contributed by atoms with E-state index >= 15 is 0 Å². The van der Waals surface area contributed by atoms with Gasteiger partial charge in [0.15, 0.2) is 0 Å². The molecule has 1 radical (unpaired) electrons. The van der Waals surface area contributed by atoms with Crippen molar-refractivity contribution in [1.29, 1.82) is 0 Å². The molecule has 0 heterocycles. The van der Waals surface area contributed by atoms with Gasteiger partial charge in [-0.25, -0.2) is 0 Å². The number of hydrogen-bond donors (Lipinski definition) is 0. The molecule has 2 N–H and O–H groups in total. The van der Waals surface area contributed by atoms with Gasteiger partial charge in [0.2, 0.25) is 0 Å². The van der Waals surface area contributed by atoms with Crippen molar-refractivity contribution in [2.45, 2.75) is 0 Å². The Morgan fingerprint density at radius 2 is 0.600 bits per heavy atom. The summed E-state index contributed by atoms with van der Waals surface area (Å²) >= 11 is 0. The maximum atomic E-state index is 0. The molecule has 0 aromatic carbocycles. The normalized spacial score (nSPS) is 0. The predicted octanol–water partition coefficient (Wildman–Crippen LogP) is -9.82. The molecule has 0 aromatic rings. The average molecular weight is 126 g/mol. The fourth-order valence-corrected chi connectivity index (χ4v) is 0. The van der Waals surface area contributed by atoms with E-state index < -0.39 is 0 Å². The van der Waals surface area contributed by atoms with Crippen LogP contribution in [-0.4, -0.2) is 5.48 Å². The van der Waals surface area contributed by atoms with Crippen LogP contribution < -0.4 is 14.1 Å². The van der Waals surface area contributed by atoms with Crippen LogP contribution in [0.15, 0.2) is 0 Å². The van der Waals surface area contributed by atoms with Crippen molar-refractivity contribution in [3.8, 4) is 0 Å². The van der Waals surface area contributed by atoms with Crippen LogP contribution in [0.25, 0.3) is 0 Å². The molecule has 0 fully saturated rings. The van der Waals surface area contributed by atoms with E-state index in [1.54, 1.807) is 0 Å². The van der Waals surface area contributed by atoms with E-state index in [2.05, 4.69) is 0 Å². The maximum Gasteiger partial charge on any atom is 0 e. The van der Waals surface area contributed by atoms with Gasteiger partial charge in [0.25, 0.3) is 0 Å². The van der Waals surface area contributed by atoms with E-state index in [9.17, 15) is 0 Å². The molecular formula is H2F3OV-3. The van der Waals surface area contributed by atoms with Crippen molar-refractivity contribution in [2.24, 2.45) is 0 Å². The van der Waals surface area contributed by atoms with E-state index in [1.165, 1.54) is 0 Å². The molecule has 5 heteroatoms. The van der Waals surface area contributed by atoms with Crippen molar-refractivity contribution in [3.63, 3.8) is 0 Å². The Morgan fingerprint density at radius 3 is 0.600 bits per heavy atom. The minimum Gasteiger partial charge on any atom is -1.00 e. The van der Waals surface area contributed by atoms with Crippen LogP contribution in [0.1, 0.15) is 0 Å². The summed E-state index contributed by atoms with van der Waals surface area (Å²) in [6.07, 6.45) is 0.